The van der Waals surface area contributed by atoms with E-state index in [9.17, 15) is 0 Å². The molecule has 5 unspecified atom stereocenters. The van der Waals surface area contributed by atoms with Gasteiger partial charge in [0.25, 0.3) is 0 Å². The average molecular weight is 165 g/mol. The van der Waals surface area contributed by atoms with Crippen molar-refractivity contribution in [3.05, 3.63) is 0 Å². The number of rotatable bonds is 0. The summed E-state index contributed by atoms with van der Waals surface area (Å²) in [7, 11) is 2.32. The number of piperidine rings is 1. The SMILES string of the molecule is CC1CC2C3CC(C2C1)N(C)C3. The van der Waals surface area contributed by atoms with Crippen molar-refractivity contribution < 1.29 is 0 Å². The van der Waals surface area contributed by atoms with Crippen LogP contribution in [0.5, 0.6) is 0 Å². The molecule has 0 aromatic heterocycles. The zero-order valence-electron chi connectivity index (χ0n) is 8.16. The van der Waals surface area contributed by atoms with Gasteiger partial charge in [0.2, 0.25) is 0 Å². The lowest BCUT2D eigenvalue weighted by atomic mass is 9.89. The van der Waals surface area contributed by atoms with E-state index in [-0.39, 0.29) is 0 Å². The highest BCUT2D eigenvalue weighted by Gasteiger charge is 2.53. The summed E-state index contributed by atoms with van der Waals surface area (Å²) in [6.45, 7) is 3.84. The Balaban J connectivity index is 1.86. The summed E-state index contributed by atoms with van der Waals surface area (Å²) in [6, 6.07) is 0.977. The van der Waals surface area contributed by atoms with Crippen molar-refractivity contribution in [1.29, 1.82) is 0 Å². The van der Waals surface area contributed by atoms with Gasteiger partial charge in [0.1, 0.15) is 0 Å². The summed E-state index contributed by atoms with van der Waals surface area (Å²) >= 11 is 0. The first-order chi connectivity index (χ1) is 5.75. The van der Waals surface area contributed by atoms with Crippen LogP contribution < -0.4 is 0 Å². The fraction of sp³-hybridized carbons (Fsp3) is 1.00. The fourth-order valence-corrected chi connectivity index (χ4v) is 4.24. The maximum absolute atomic E-state index is 2.61. The Labute approximate surface area is 75.1 Å². The Morgan fingerprint density at radius 1 is 1.08 bits per heavy atom. The molecule has 12 heavy (non-hydrogen) atoms. The highest BCUT2D eigenvalue weighted by molar-refractivity contribution is 5.05. The summed E-state index contributed by atoms with van der Waals surface area (Å²) in [5.74, 6) is 4.32. The molecule has 2 aliphatic carbocycles. The Morgan fingerprint density at radius 2 is 1.83 bits per heavy atom. The highest BCUT2D eigenvalue weighted by atomic mass is 15.2. The standard InChI is InChI=1S/C11H19N/c1-7-3-9-8-5-11(10(9)4-7)12(2)6-8/h7-11H,3-6H2,1-2H3. The maximum Gasteiger partial charge on any atom is 0.0127 e. The van der Waals surface area contributed by atoms with Crippen molar-refractivity contribution in [2.75, 3.05) is 13.6 Å². The van der Waals surface area contributed by atoms with E-state index in [1.807, 2.05) is 0 Å². The first-order valence-corrected chi connectivity index (χ1v) is 5.46. The Hall–Kier alpha value is -0.0400. The molecular formula is C11H19N. The van der Waals surface area contributed by atoms with Gasteiger partial charge in [0, 0.05) is 12.6 Å². The molecule has 0 radical (unpaired) electrons. The van der Waals surface area contributed by atoms with Crippen LogP contribution in [-0.2, 0) is 0 Å². The Kier molecular flexibility index (Phi) is 1.39. The molecule has 3 aliphatic rings. The molecule has 2 bridgehead atoms. The molecule has 0 amide bonds. The molecule has 1 nitrogen and oxygen atoms in total. The second kappa shape index (κ2) is 2.25. The molecule has 3 rings (SSSR count). The predicted molar refractivity (Wildman–Crippen MR) is 49.9 cm³/mol. The van der Waals surface area contributed by atoms with E-state index in [0.717, 1.165) is 29.7 Å². The second-order valence-corrected chi connectivity index (χ2v) is 5.41. The van der Waals surface area contributed by atoms with Gasteiger partial charge in [-0.3, -0.25) is 0 Å². The molecule has 3 fully saturated rings. The topological polar surface area (TPSA) is 3.24 Å². The molecule has 0 aromatic rings. The third kappa shape index (κ3) is 0.783. The van der Waals surface area contributed by atoms with E-state index in [1.54, 1.807) is 6.42 Å². The van der Waals surface area contributed by atoms with Crippen LogP contribution in [0.2, 0.25) is 0 Å². The monoisotopic (exact) mass is 165 g/mol. The number of fused-ring (bicyclic) bond motifs is 5. The Bertz CT molecular complexity index is 197. The number of hydrogen-bond donors (Lipinski definition) is 0. The zero-order chi connectivity index (χ0) is 8.29. The number of nitrogens with zero attached hydrogens (tertiary/aromatic N) is 1. The largest absolute Gasteiger partial charge is 0.303 e. The van der Waals surface area contributed by atoms with Gasteiger partial charge >= 0.3 is 0 Å². The van der Waals surface area contributed by atoms with Crippen molar-refractivity contribution >= 4 is 0 Å². The van der Waals surface area contributed by atoms with Crippen LogP contribution in [0.15, 0.2) is 0 Å². The van der Waals surface area contributed by atoms with Crippen LogP contribution in [0.25, 0.3) is 0 Å². The van der Waals surface area contributed by atoms with Crippen LogP contribution in [0.4, 0.5) is 0 Å². The molecule has 0 N–H and O–H groups in total. The van der Waals surface area contributed by atoms with Gasteiger partial charge in [-0.05, 0) is 50.0 Å². The lowest BCUT2D eigenvalue weighted by molar-refractivity contribution is 0.154. The van der Waals surface area contributed by atoms with E-state index in [2.05, 4.69) is 18.9 Å². The minimum Gasteiger partial charge on any atom is -0.303 e. The third-order valence-electron chi connectivity index (χ3n) is 4.63. The molecule has 1 heterocycles. The quantitative estimate of drug-likeness (QED) is 0.530. The van der Waals surface area contributed by atoms with E-state index in [0.29, 0.717) is 0 Å². The van der Waals surface area contributed by atoms with Crippen LogP contribution >= 0.6 is 0 Å². The maximum atomic E-state index is 2.61. The van der Waals surface area contributed by atoms with Gasteiger partial charge in [0.15, 0.2) is 0 Å². The summed E-state index contributed by atoms with van der Waals surface area (Å²) in [5.41, 5.74) is 0. The molecule has 5 atom stereocenters. The van der Waals surface area contributed by atoms with E-state index in [4.69, 9.17) is 0 Å². The van der Waals surface area contributed by atoms with Crippen LogP contribution in [0.1, 0.15) is 26.2 Å². The first-order valence-electron chi connectivity index (χ1n) is 5.46. The lowest BCUT2D eigenvalue weighted by Crippen LogP contribution is -2.37. The van der Waals surface area contributed by atoms with Crippen LogP contribution in [0, 0.1) is 23.7 Å². The minimum atomic E-state index is 0.977. The van der Waals surface area contributed by atoms with Gasteiger partial charge in [-0.25, -0.2) is 0 Å². The number of likely N-dealkylation sites (tertiary alicyclic amines) is 1. The van der Waals surface area contributed by atoms with Gasteiger partial charge in [-0.2, -0.15) is 0 Å². The highest BCUT2D eigenvalue weighted by Crippen LogP contribution is 2.54. The molecule has 0 spiro atoms. The molecule has 1 saturated heterocycles. The summed E-state index contributed by atoms with van der Waals surface area (Å²) < 4.78 is 0. The molecule has 2 saturated carbocycles. The fourth-order valence-electron chi connectivity index (χ4n) is 4.24. The zero-order valence-corrected chi connectivity index (χ0v) is 8.16. The van der Waals surface area contributed by atoms with E-state index in [1.165, 1.54) is 19.4 Å². The summed E-state index contributed by atoms with van der Waals surface area (Å²) in [5, 5.41) is 0. The summed E-state index contributed by atoms with van der Waals surface area (Å²) in [6.07, 6.45) is 4.59. The summed E-state index contributed by atoms with van der Waals surface area (Å²) in [4.78, 5) is 2.61. The smallest absolute Gasteiger partial charge is 0.0127 e. The van der Waals surface area contributed by atoms with Gasteiger partial charge in [-0.15, -0.1) is 0 Å². The van der Waals surface area contributed by atoms with Crippen molar-refractivity contribution in [1.82, 2.24) is 4.90 Å². The lowest BCUT2D eigenvalue weighted by Gasteiger charge is -2.31. The third-order valence-corrected chi connectivity index (χ3v) is 4.63. The van der Waals surface area contributed by atoms with Crippen LogP contribution in [0.3, 0.4) is 0 Å². The molecular weight excluding hydrogens is 146 g/mol. The van der Waals surface area contributed by atoms with Crippen molar-refractivity contribution in [3.63, 3.8) is 0 Å². The van der Waals surface area contributed by atoms with Crippen molar-refractivity contribution in [3.8, 4) is 0 Å². The van der Waals surface area contributed by atoms with Gasteiger partial charge in [0.05, 0.1) is 0 Å². The average Bonchev–Trinajstić information content (AvgIpc) is 2.57. The minimum absolute atomic E-state index is 0.977. The molecule has 0 aromatic carbocycles. The van der Waals surface area contributed by atoms with Gasteiger partial charge in [-0.1, -0.05) is 6.92 Å². The van der Waals surface area contributed by atoms with Crippen molar-refractivity contribution in [2.24, 2.45) is 23.7 Å². The van der Waals surface area contributed by atoms with Crippen molar-refractivity contribution in [2.45, 2.75) is 32.2 Å². The van der Waals surface area contributed by atoms with Crippen LogP contribution in [-0.4, -0.2) is 24.5 Å². The number of hydrogen-bond acceptors (Lipinski definition) is 1. The molecule has 68 valence electrons. The predicted octanol–water partition coefficient (Wildman–Crippen LogP) is 1.98. The normalized spacial score (nSPS) is 58.0. The Morgan fingerprint density at radius 3 is 2.67 bits per heavy atom. The second-order valence-electron chi connectivity index (χ2n) is 5.41. The first kappa shape index (κ1) is 7.37. The van der Waals surface area contributed by atoms with Gasteiger partial charge < -0.3 is 4.90 Å². The molecule has 1 heteroatoms. The van der Waals surface area contributed by atoms with E-state index < -0.39 is 0 Å². The van der Waals surface area contributed by atoms with E-state index >= 15 is 0 Å². The molecule has 1 aliphatic heterocycles.